The van der Waals surface area contributed by atoms with Crippen LogP contribution in [0.4, 0.5) is 35.1 Å². The van der Waals surface area contributed by atoms with Crippen LogP contribution in [0.15, 0.2) is 25.3 Å². The molecular formula is C12H14F8O5. The Morgan fingerprint density at radius 1 is 0.640 bits per heavy atom. The molecule has 2 unspecified atom stereocenters. The molecule has 0 N–H and O–H groups in total. The van der Waals surface area contributed by atoms with E-state index in [-0.39, 0.29) is 14.2 Å². The third-order valence-corrected chi connectivity index (χ3v) is 2.37. The predicted molar refractivity (Wildman–Crippen MR) is 65.0 cm³/mol. The molecule has 0 aliphatic rings. The Kier molecular flexibility index (Phi) is 7.97. The van der Waals surface area contributed by atoms with E-state index in [4.69, 9.17) is 0 Å². The lowest BCUT2D eigenvalue weighted by Gasteiger charge is -2.31. The first-order valence-electron chi connectivity index (χ1n) is 6.07. The fourth-order valence-corrected chi connectivity index (χ4v) is 1.06. The minimum Gasteiger partial charge on any atom is -0.317 e. The highest BCUT2D eigenvalue weighted by Crippen LogP contribution is 2.39. The maximum Gasteiger partial charge on any atom is 0.450 e. The number of methoxy groups -OCH3 is 2. The first-order valence-corrected chi connectivity index (χ1v) is 6.07. The monoisotopic (exact) mass is 390 g/mol. The van der Waals surface area contributed by atoms with Crippen LogP contribution in [-0.4, -0.2) is 51.2 Å². The zero-order chi connectivity index (χ0) is 20.1. The minimum absolute atomic E-state index is 0.240. The molecule has 0 radical (unpaired) electrons. The van der Waals surface area contributed by atoms with Gasteiger partial charge < -0.3 is 14.2 Å². The van der Waals surface area contributed by atoms with Crippen LogP contribution in [0, 0.1) is 0 Å². The van der Waals surface area contributed by atoms with E-state index in [9.17, 15) is 35.1 Å². The summed E-state index contributed by atoms with van der Waals surface area (Å²) in [4.78, 5) is 0. The third kappa shape index (κ3) is 5.88. The Balaban J connectivity index is 5.16. The molecule has 0 fully saturated rings. The van der Waals surface area contributed by atoms with Gasteiger partial charge in [-0.2, -0.15) is 35.1 Å². The maximum absolute atomic E-state index is 13.2. The lowest BCUT2D eigenvalue weighted by atomic mass is 10.5. The first-order chi connectivity index (χ1) is 11.2. The minimum atomic E-state index is -5.29. The SMILES string of the molecule is C=CC(OC(C=C)OC(F)(F)C(F)(F)OC)OC(F)(F)C(F)(F)OC. The molecule has 0 spiro atoms. The molecule has 25 heavy (non-hydrogen) atoms. The first kappa shape index (κ1) is 23.7. The van der Waals surface area contributed by atoms with E-state index in [0.717, 1.165) is 0 Å². The van der Waals surface area contributed by atoms with Gasteiger partial charge in [0.1, 0.15) is 0 Å². The van der Waals surface area contributed by atoms with E-state index in [1.807, 2.05) is 0 Å². The van der Waals surface area contributed by atoms with E-state index in [2.05, 4.69) is 36.8 Å². The maximum atomic E-state index is 13.2. The molecule has 0 saturated heterocycles. The molecule has 2 atom stereocenters. The van der Waals surface area contributed by atoms with Crippen LogP contribution in [0.5, 0.6) is 0 Å². The van der Waals surface area contributed by atoms with Crippen molar-refractivity contribution < 1.29 is 58.8 Å². The molecule has 0 bridgehead atoms. The van der Waals surface area contributed by atoms with Crippen molar-refractivity contribution >= 4 is 0 Å². The van der Waals surface area contributed by atoms with E-state index >= 15 is 0 Å². The Morgan fingerprint density at radius 3 is 1.12 bits per heavy atom. The van der Waals surface area contributed by atoms with Crippen molar-refractivity contribution in [1.82, 2.24) is 0 Å². The lowest BCUT2D eigenvalue weighted by molar-refractivity contribution is -0.469. The fourth-order valence-electron chi connectivity index (χ4n) is 1.06. The van der Waals surface area contributed by atoms with Gasteiger partial charge >= 0.3 is 24.4 Å². The summed E-state index contributed by atoms with van der Waals surface area (Å²) in [6.45, 7) is 5.77. The summed E-state index contributed by atoms with van der Waals surface area (Å²) in [5.74, 6) is 0. The van der Waals surface area contributed by atoms with Crippen molar-refractivity contribution in [2.45, 2.75) is 37.0 Å². The summed E-state index contributed by atoms with van der Waals surface area (Å²) in [7, 11) is 0.480. The summed E-state index contributed by atoms with van der Waals surface area (Å²) in [5, 5.41) is 0. The smallest absolute Gasteiger partial charge is 0.317 e. The van der Waals surface area contributed by atoms with Gasteiger partial charge in [0.25, 0.3) is 0 Å². The molecule has 0 aliphatic heterocycles. The molecule has 0 aromatic rings. The zero-order valence-electron chi connectivity index (χ0n) is 12.8. The molecular weight excluding hydrogens is 376 g/mol. The summed E-state index contributed by atoms with van der Waals surface area (Å²) in [6, 6.07) is 0. The van der Waals surface area contributed by atoms with Crippen LogP contribution < -0.4 is 0 Å². The van der Waals surface area contributed by atoms with Crippen molar-refractivity contribution in [3.05, 3.63) is 25.3 Å². The molecule has 148 valence electrons. The third-order valence-electron chi connectivity index (χ3n) is 2.37. The normalized spacial score (nSPS) is 16.4. The number of hydrogen-bond acceptors (Lipinski definition) is 5. The quantitative estimate of drug-likeness (QED) is 0.289. The average Bonchev–Trinajstić information content (AvgIpc) is 2.52. The fraction of sp³-hybridized carbons (Fsp3) is 0.667. The average molecular weight is 390 g/mol. The highest BCUT2D eigenvalue weighted by molar-refractivity contribution is 4.82. The Morgan fingerprint density at radius 2 is 0.920 bits per heavy atom. The van der Waals surface area contributed by atoms with Crippen molar-refractivity contribution in [3.63, 3.8) is 0 Å². The van der Waals surface area contributed by atoms with Crippen LogP contribution in [-0.2, 0) is 23.7 Å². The largest absolute Gasteiger partial charge is 0.450 e. The van der Waals surface area contributed by atoms with E-state index in [1.54, 1.807) is 0 Å². The summed E-state index contributed by atoms with van der Waals surface area (Å²) in [5.41, 5.74) is 0. The van der Waals surface area contributed by atoms with Gasteiger partial charge in [0.05, 0.1) is 0 Å². The highest BCUT2D eigenvalue weighted by atomic mass is 19.3. The summed E-state index contributed by atoms with van der Waals surface area (Å²) < 4.78 is 122. The number of ether oxygens (including phenoxy) is 5. The second-order valence-corrected chi connectivity index (χ2v) is 4.06. The summed E-state index contributed by atoms with van der Waals surface area (Å²) in [6.07, 6.45) is -25.1. The number of alkyl halides is 8. The highest BCUT2D eigenvalue weighted by Gasteiger charge is 2.62. The van der Waals surface area contributed by atoms with Gasteiger partial charge in [-0.25, -0.2) is 0 Å². The molecule has 0 heterocycles. The van der Waals surface area contributed by atoms with Crippen LogP contribution in [0.3, 0.4) is 0 Å². The zero-order valence-corrected chi connectivity index (χ0v) is 12.8. The molecule has 5 nitrogen and oxygen atoms in total. The van der Waals surface area contributed by atoms with Crippen molar-refractivity contribution in [3.8, 4) is 0 Å². The molecule has 0 saturated carbocycles. The van der Waals surface area contributed by atoms with Gasteiger partial charge in [-0.1, -0.05) is 13.2 Å². The number of halogens is 8. The van der Waals surface area contributed by atoms with E-state index in [1.165, 1.54) is 0 Å². The van der Waals surface area contributed by atoms with Gasteiger partial charge in [0.2, 0.25) is 0 Å². The van der Waals surface area contributed by atoms with Crippen molar-refractivity contribution in [2.24, 2.45) is 0 Å². The van der Waals surface area contributed by atoms with Gasteiger partial charge in [0.15, 0.2) is 12.6 Å². The molecule has 0 amide bonds. The van der Waals surface area contributed by atoms with Crippen LogP contribution in [0.25, 0.3) is 0 Å². The Bertz CT molecular complexity index is 417. The van der Waals surface area contributed by atoms with Gasteiger partial charge in [-0.3, -0.25) is 9.47 Å². The van der Waals surface area contributed by atoms with Crippen LogP contribution in [0.1, 0.15) is 0 Å². The van der Waals surface area contributed by atoms with Crippen molar-refractivity contribution in [1.29, 1.82) is 0 Å². The van der Waals surface area contributed by atoms with Gasteiger partial charge in [-0.05, 0) is 12.2 Å². The Labute approximate surface area is 136 Å². The Hall–Kier alpha value is -1.28. The second-order valence-electron chi connectivity index (χ2n) is 4.06. The summed E-state index contributed by atoms with van der Waals surface area (Å²) >= 11 is 0. The van der Waals surface area contributed by atoms with E-state index < -0.39 is 37.0 Å². The van der Waals surface area contributed by atoms with Crippen LogP contribution in [0.2, 0.25) is 0 Å². The number of hydrogen-bond donors (Lipinski definition) is 0. The molecule has 0 rings (SSSR count). The molecule has 13 heteroatoms. The van der Waals surface area contributed by atoms with Crippen molar-refractivity contribution in [2.75, 3.05) is 14.2 Å². The van der Waals surface area contributed by atoms with E-state index in [0.29, 0.717) is 12.2 Å². The van der Waals surface area contributed by atoms with Crippen LogP contribution >= 0.6 is 0 Å². The standard InChI is InChI=1S/C12H14F8O5/c1-5-7(24-11(17,18)9(13,14)21-3)23-8(6-2)25-12(19,20)10(15,16)22-4/h5-8H,1-2H2,3-4H3. The number of rotatable bonds is 12. The molecule has 0 aliphatic carbocycles. The molecule has 0 aromatic carbocycles. The topological polar surface area (TPSA) is 46.2 Å². The second kappa shape index (κ2) is 8.40. The lowest BCUT2D eigenvalue weighted by Crippen LogP contribution is -2.49. The van der Waals surface area contributed by atoms with Gasteiger partial charge in [-0.15, -0.1) is 0 Å². The van der Waals surface area contributed by atoms with Gasteiger partial charge in [0, 0.05) is 14.2 Å². The predicted octanol–water partition coefficient (Wildman–Crippen LogP) is 3.72. The molecule has 0 aromatic heterocycles.